The van der Waals surface area contributed by atoms with Crippen LogP contribution in [0.2, 0.25) is 0 Å². The van der Waals surface area contributed by atoms with E-state index in [0.717, 1.165) is 24.4 Å². The predicted molar refractivity (Wildman–Crippen MR) is 102 cm³/mol. The van der Waals surface area contributed by atoms with Crippen molar-refractivity contribution in [2.24, 2.45) is 5.92 Å². The van der Waals surface area contributed by atoms with Crippen molar-refractivity contribution in [1.82, 2.24) is 5.32 Å². The van der Waals surface area contributed by atoms with Crippen molar-refractivity contribution in [3.8, 4) is 5.75 Å². The minimum atomic E-state index is 0.211. The van der Waals surface area contributed by atoms with Crippen LogP contribution in [-0.4, -0.2) is 38.5 Å². The average Bonchev–Trinajstić information content (AvgIpc) is 3.06. The third-order valence-electron chi connectivity index (χ3n) is 5.24. The summed E-state index contributed by atoms with van der Waals surface area (Å²) in [7, 11) is 3.85. The van der Waals surface area contributed by atoms with Gasteiger partial charge >= 0.3 is 0 Å². The van der Waals surface area contributed by atoms with Gasteiger partial charge in [0.15, 0.2) is 0 Å². The number of aryl methyl sites for hydroxylation is 1. The van der Waals surface area contributed by atoms with Gasteiger partial charge in [-0.3, -0.25) is 0 Å². The number of hydrogen-bond acceptors (Lipinski definition) is 4. The maximum Gasteiger partial charge on any atom is 0.142 e. The molecule has 25 heavy (non-hydrogen) atoms. The van der Waals surface area contributed by atoms with Crippen molar-refractivity contribution in [2.75, 3.05) is 32.2 Å². The molecule has 0 bridgehead atoms. The lowest BCUT2D eigenvalue weighted by atomic mass is 9.90. The lowest BCUT2D eigenvalue weighted by Gasteiger charge is -2.36. The topological polar surface area (TPSA) is 44.7 Å². The van der Waals surface area contributed by atoms with Crippen LogP contribution >= 0.6 is 0 Å². The number of aliphatic hydroxyl groups excluding tert-OH is 1. The SMILES string of the molecule is COc1ccc(C)cc1N(C)C1C(CCO)CNC1c1ccccc1. The van der Waals surface area contributed by atoms with Crippen LogP contribution in [-0.2, 0) is 0 Å². The van der Waals surface area contributed by atoms with Crippen molar-refractivity contribution in [2.45, 2.75) is 25.4 Å². The molecule has 2 N–H and O–H groups in total. The summed E-state index contributed by atoms with van der Waals surface area (Å²) in [4.78, 5) is 2.32. The molecule has 1 heterocycles. The molecule has 1 fully saturated rings. The van der Waals surface area contributed by atoms with Crippen molar-refractivity contribution in [1.29, 1.82) is 0 Å². The third-order valence-corrected chi connectivity index (χ3v) is 5.24. The van der Waals surface area contributed by atoms with E-state index in [0.29, 0.717) is 5.92 Å². The maximum absolute atomic E-state index is 9.53. The molecular weight excluding hydrogens is 312 g/mol. The molecule has 3 unspecified atom stereocenters. The van der Waals surface area contributed by atoms with Gasteiger partial charge in [0, 0.05) is 20.2 Å². The lowest BCUT2D eigenvalue weighted by molar-refractivity contribution is 0.252. The molecule has 0 aliphatic carbocycles. The average molecular weight is 340 g/mol. The highest BCUT2D eigenvalue weighted by atomic mass is 16.5. The molecule has 3 atom stereocenters. The van der Waals surface area contributed by atoms with Crippen LogP contribution in [0, 0.1) is 12.8 Å². The Bertz CT molecular complexity index is 690. The van der Waals surface area contributed by atoms with Crippen molar-refractivity contribution >= 4 is 5.69 Å². The highest BCUT2D eigenvalue weighted by molar-refractivity contribution is 5.61. The molecule has 0 spiro atoms. The molecule has 1 aliphatic heterocycles. The van der Waals surface area contributed by atoms with Crippen LogP contribution in [0.4, 0.5) is 5.69 Å². The fraction of sp³-hybridized carbons (Fsp3) is 0.429. The number of nitrogens with one attached hydrogen (secondary N) is 1. The van der Waals surface area contributed by atoms with Crippen LogP contribution < -0.4 is 15.0 Å². The van der Waals surface area contributed by atoms with E-state index in [-0.39, 0.29) is 18.7 Å². The minimum Gasteiger partial charge on any atom is -0.495 e. The number of hydrogen-bond donors (Lipinski definition) is 2. The van der Waals surface area contributed by atoms with E-state index in [9.17, 15) is 5.11 Å². The molecule has 1 saturated heterocycles. The molecule has 2 aromatic rings. The summed E-state index contributed by atoms with van der Waals surface area (Å²) in [6.07, 6.45) is 0.791. The van der Waals surface area contributed by atoms with Gasteiger partial charge in [0.2, 0.25) is 0 Å². The Morgan fingerprint density at radius 3 is 2.64 bits per heavy atom. The van der Waals surface area contributed by atoms with Crippen LogP contribution in [0.1, 0.15) is 23.6 Å². The first-order chi connectivity index (χ1) is 12.2. The number of nitrogens with zero attached hydrogens (tertiary/aromatic N) is 1. The van der Waals surface area contributed by atoms with E-state index in [4.69, 9.17) is 4.74 Å². The molecule has 2 aromatic carbocycles. The molecule has 134 valence electrons. The minimum absolute atomic E-state index is 0.211. The molecule has 3 rings (SSSR count). The van der Waals surface area contributed by atoms with E-state index >= 15 is 0 Å². The second kappa shape index (κ2) is 7.89. The van der Waals surface area contributed by atoms with Gasteiger partial charge in [0.25, 0.3) is 0 Å². The number of benzene rings is 2. The highest BCUT2D eigenvalue weighted by Crippen LogP contribution is 2.38. The first-order valence-corrected chi connectivity index (χ1v) is 8.92. The second-order valence-corrected chi connectivity index (χ2v) is 6.85. The third kappa shape index (κ3) is 3.65. The van der Waals surface area contributed by atoms with Crippen LogP contribution in [0.15, 0.2) is 48.5 Å². The summed E-state index contributed by atoms with van der Waals surface area (Å²) in [6, 6.07) is 17.3. The van der Waals surface area contributed by atoms with E-state index in [1.807, 2.05) is 12.1 Å². The molecule has 0 aromatic heterocycles. The van der Waals surface area contributed by atoms with Crippen LogP contribution in [0.3, 0.4) is 0 Å². The number of rotatable bonds is 6. The monoisotopic (exact) mass is 340 g/mol. The fourth-order valence-electron chi connectivity index (χ4n) is 3.98. The van der Waals surface area contributed by atoms with Gasteiger partial charge in [-0.25, -0.2) is 0 Å². The summed E-state index contributed by atoms with van der Waals surface area (Å²) in [5, 5.41) is 13.2. The molecule has 0 amide bonds. The largest absolute Gasteiger partial charge is 0.495 e. The number of methoxy groups -OCH3 is 1. The fourth-order valence-corrected chi connectivity index (χ4v) is 3.98. The first-order valence-electron chi connectivity index (χ1n) is 8.92. The zero-order chi connectivity index (χ0) is 17.8. The standard InChI is InChI=1S/C21H28N2O2/c1-15-9-10-19(25-3)18(13-15)23(2)21-17(11-12-24)14-22-20(21)16-7-5-4-6-8-16/h4-10,13,17,20-22,24H,11-12,14H2,1-3H3. The van der Waals surface area contributed by atoms with E-state index < -0.39 is 0 Å². The van der Waals surface area contributed by atoms with Crippen molar-refractivity contribution < 1.29 is 9.84 Å². The molecule has 4 heteroatoms. The van der Waals surface area contributed by atoms with Gasteiger partial charge in [-0.1, -0.05) is 36.4 Å². The Kier molecular flexibility index (Phi) is 5.61. The molecule has 4 nitrogen and oxygen atoms in total. The second-order valence-electron chi connectivity index (χ2n) is 6.85. The Morgan fingerprint density at radius 2 is 1.96 bits per heavy atom. The summed E-state index contributed by atoms with van der Waals surface area (Å²) in [5.74, 6) is 1.26. The zero-order valence-electron chi connectivity index (χ0n) is 15.3. The van der Waals surface area contributed by atoms with Gasteiger partial charge < -0.3 is 20.1 Å². The Labute approximate surface area is 150 Å². The van der Waals surface area contributed by atoms with Gasteiger partial charge in [0.05, 0.1) is 24.9 Å². The Balaban J connectivity index is 1.98. The lowest BCUT2D eigenvalue weighted by Crippen LogP contribution is -2.40. The van der Waals surface area contributed by atoms with E-state index in [1.165, 1.54) is 11.1 Å². The van der Waals surface area contributed by atoms with E-state index in [2.05, 4.69) is 60.6 Å². The van der Waals surface area contributed by atoms with Crippen LogP contribution in [0.5, 0.6) is 5.75 Å². The number of aliphatic hydroxyl groups is 1. The van der Waals surface area contributed by atoms with Crippen LogP contribution in [0.25, 0.3) is 0 Å². The number of anilines is 1. The molecular formula is C21H28N2O2. The Morgan fingerprint density at radius 1 is 1.20 bits per heavy atom. The summed E-state index contributed by atoms with van der Waals surface area (Å²) in [5.41, 5.74) is 3.59. The summed E-state index contributed by atoms with van der Waals surface area (Å²) >= 11 is 0. The molecule has 0 saturated carbocycles. The quantitative estimate of drug-likeness (QED) is 0.848. The summed E-state index contributed by atoms with van der Waals surface area (Å²) < 4.78 is 5.61. The summed E-state index contributed by atoms with van der Waals surface area (Å²) in [6.45, 7) is 3.22. The maximum atomic E-state index is 9.53. The van der Waals surface area contributed by atoms with Crippen molar-refractivity contribution in [3.05, 3.63) is 59.7 Å². The Hall–Kier alpha value is -2.04. The normalized spacial score (nSPS) is 22.8. The number of ether oxygens (including phenoxy) is 1. The van der Waals surface area contributed by atoms with Gasteiger partial charge in [-0.15, -0.1) is 0 Å². The van der Waals surface area contributed by atoms with Gasteiger partial charge in [0.1, 0.15) is 5.75 Å². The molecule has 0 radical (unpaired) electrons. The number of likely N-dealkylation sites (N-methyl/N-ethyl adjacent to an activating group) is 1. The van der Waals surface area contributed by atoms with E-state index in [1.54, 1.807) is 7.11 Å². The predicted octanol–water partition coefficient (Wildman–Crippen LogP) is 3.15. The van der Waals surface area contributed by atoms with Crippen molar-refractivity contribution in [3.63, 3.8) is 0 Å². The first kappa shape index (κ1) is 17.8. The highest BCUT2D eigenvalue weighted by Gasteiger charge is 2.39. The molecule has 1 aliphatic rings. The smallest absolute Gasteiger partial charge is 0.142 e. The van der Waals surface area contributed by atoms with Gasteiger partial charge in [-0.05, 0) is 42.5 Å². The zero-order valence-corrected chi connectivity index (χ0v) is 15.3. The van der Waals surface area contributed by atoms with Gasteiger partial charge in [-0.2, -0.15) is 0 Å².